The zero-order valence-corrected chi connectivity index (χ0v) is 21.1. The Kier molecular flexibility index (Phi) is 5.77. The minimum atomic E-state index is -2.85. The van der Waals surface area contributed by atoms with Gasteiger partial charge < -0.3 is 31.3 Å². The number of aliphatic hydroxyl groups is 4. The SMILES string of the molecule is CC(C)c1ccc(-c2ccc(O)c3c2C(C)C2C(=C3O)C(=O)C3(O)C(O)=C(C(N)=O)C(=O)CC3C2O)cc1. The van der Waals surface area contributed by atoms with Crippen LogP contribution in [0.2, 0.25) is 0 Å². The molecule has 1 amide bonds. The fraction of sp³-hybridized carbons (Fsp3) is 0.345. The number of aromatic hydroxyl groups is 1. The van der Waals surface area contributed by atoms with Crippen molar-refractivity contribution in [3.8, 4) is 16.9 Å². The Morgan fingerprint density at radius 3 is 2.26 bits per heavy atom. The van der Waals surface area contributed by atoms with E-state index in [0.29, 0.717) is 17.0 Å². The number of primary amides is 1. The molecule has 0 saturated heterocycles. The number of carbonyl (C=O) groups excluding carboxylic acids is 3. The first-order valence-corrected chi connectivity index (χ1v) is 12.4. The molecule has 2 aromatic carbocycles. The number of hydrogen-bond donors (Lipinski definition) is 6. The van der Waals surface area contributed by atoms with Crippen LogP contribution in [0.25, 0.3) is 16.9 Å². The van der Waals surface area contributed by atoms with Crippen LogP contribution >= 0.6 is 0 Å². The third-order valence-corrected chi connectivity index (χ3v) is 8.37. The predicted molar refractivity (Wildman–Crippen MR) is 137 cm³/mol. The fourth-order valence-electron chi connectivity index (χ4n) is 6.38. The maximum absolute atomic E-state index is 13.8. The van der Waals surface area contributed by atoms with E-state index >= 15 is 0 Å². The number of phenolic OH excluding ortho intramolecular Hbond substituents is 1. The summed E-state index contributed by atoms with van der Waals surface area (Å²) in [6, 6.07) is 10.9. The van der Waals surface area contributed by atoms with Crippen LogP contribution in [0.15, 0.2) is 53.3 Å². The third-order valence-electron chi connectivity index (χ3n) is 8.37. The molecule has 0 bridgehead atoms. The Balaban J connectivity index is 1.75. The number of carbonyl (C=O) groups is 3. The number of hydrogen-bond acceptors (Lipinski definition) is 8. The van der Waals surface area contributed by atoms with Crippen molar-refractivity contribution in [3.63, 3.8) is 0 Å². The van der Waals surface area contributed by atoms with E-state index in [-0.39, 0.29) is 11.3 Å². The molecule has 5 rings (SSSR count). The molecule has 3 aliphatic rings. The van der Waals surface area contributed by atoms with Crippen molar-refractivity contribution >= 4 is 23.2 Å². The van der Waals surface area contributed by atoms with Gasteiger partial charge in [-0.1, -0.05) is 51.1 Å². The standard InChI is InChI=1S/C29H29NO8/c1-11(2)13-4-6-14(7-5-13)15-8-9-17(31)21-19(15)12(3)20-23(25(21)34)27(36)29(38)16(24(20)33)10-18(32)22(26(29)35)28(30)37/h4-9,11-12,16,20,24,31,33-35,38H,10H2,1-3H3,(H2,30,37). The molecule has 0 aromatic heterocycles. The van der Waals surface area contributed by atoms with Gasteiger partial charge in [0.15, 0.2) is 11.4 Å². The highest BCUT2D eigenvalue weighted by atomic mass is 16.4. The van der Waals surface area contributed by atoms with E-state index in [1.807, 2.05) is 24.3 Å². The number of amides is 1. The Hall–Kier alpha value is -3.95. The summed E-state index contributed by atoms with van der Waals surface area (Å²) in [5, 5.41) is 55.7. The first-order chi connectivity index (χ1) is 17.8. The Morgan fingerprint density at radius 2 is 1.68 bits per heavy atom. The molecule has 1 fully saturated rings. The van der Waals surface area contributed by atoms with Crippen LogP contribution in [-0.2, 0) is 14.4 Å². The summed E-state index contributed by atoms with van der Waals surface area (Å²) in [6.07, 6.45) is -2.18. The molecule has 0 heterocycles. The van der Waals surface area contributed by atoms with Crippen molar-refractivity contribution in [3.05, 3.63) is 70.0 Å². The van der Waals surface area contributed by atoms with Crippen LogP contribution in [0.5, 0.6) is 5.75 Å². The van der Waals surface area contributed by atoms with Crippen molar-refractivity contribution < 1.29 is 39.9 Å². The first-order valence-electron chi connectivity index (χ1n) is 12.4. The van der Waals surface area contributed by atoms with Crippen LogP contribution in [0.3, 0.4) is 0 Å². The van der Waals surface area contributed by atoms with Crippen molar-refractivity contribution in [2.75, 3.05) is 0 Å². The molecule has 5 unspecified atom stereocenters. The van der Waals surface area contributed by atoms with Gasteiger partial charge in [0, 0.05) is 23.8 Å². The first kappa shape index (κ1) is 25.7. The number of rotatable bonds is 3. The smallest absolute Gasteiger partial charge is 0.255 e. The Labute approximate surface area is 218 Å². The summed E-state index contributed by atoms with van der Waals surface area (Å²) in [7, 11) is 0. The minimum absolute atomic E-state index is 0.0257. The lowest BCUT2D eigenvalue weighted by atomic mass is 9.55. The van der Waals surface area contributed by atoms with Gasteiger partial charge in [0.05, 0.1) is 11.7 Å². The van der Waals surface area contributed by atoms with Crippen LogP contribution in [0.4, 0.5) is 0 Å². The maximum atomic E-state index is 13.8. The van der Waals surface area contributed by atoms with Crippen LogP contribution in [0.1, 0.15) is 55.7 Å². The van der Waals surface area contributed by atoms with Crippen LogP contribution < -0.4 is 5.73 Å². The van der Waals surface area contributed by atoms with Gasteiger partial charge in [-0.3, -0.25) is 14.4 Å². The topological polar surface area (TPSA) is 178 Å². The van der Waals surface area contributed by atoms with E-state index in [4.69, 9.17) is 5.73 Å². The number of benzene rings is 2. The van der Waals surface area contributed by atoms with Gasteiger partial charge >= 0.3 is 0 Å². The summed E-state index contributed by atoms with van der Waals surface area (Å²) in [4.78, 5) is 38.2. The monoisotopic (exact) mass is 519 g/mol. The molecule has 9 nitrogen and oxygen atoms in total. The summed E-state index contributed by atoms with van der Waals surface area (Å²) in [5.74, 6) is -8.51. The van der Waals surface area contributed by atoms with Gasteiger partial charge in [-0.05, 0) is 40.2 Å². The second-order valence-corrected chi connectivity index (χ2v) is 10.7. The normalized spacial score (nSPS) is 28.8. The van der Waals surface area contributed by atoms with Crippen LogP contribution in [0, 0.1) is 11.8 Å². The number of nitrogens with two attached hydrogens (primary N) is 1. The van der Waals surface area contributed by atoms with Crippen molar-refractivity contribution in [1.29, 1.82) is 0 Å². The molecular formula is C29H29NO8. The molecule has 5 atom stereocenters. The van der Waals surface area contributed by atoms with Gasteiger partial charge in [0.1, 0.15) is 22.8 Å². The van der Waals surface area contributed by atoms with E-state index in [9.17, 15) is 39.9 Å². The molecule has 3 aliphatic carbocycles. The highest BCUT2D eigenvalue weighted by Gasteiger charge is 2.65. The Bertz CT molecular complexity index is 1470. The minimum Gasteiger partial charge on any atom is -0.508 e. The highest BCUT2D eigenvalue weighted by molar-refractivity contribution is 6.23. The number of aliphatic hydroxyl groups excluding tert-OH is 3. The Morgan fingerprint density at radius 1 is 1.05 bits per heavy atom. The van der Waals surface area contributed by atoms with Crippen molar-refractivity contribution in [2.24, 2.45) is 17.6 Å². The second-order valence-electron chi connectivity index (χ2n) is 10.7. The molecule has 38 heavy (non-hydrogen) atoms. The molecule has 2 aromatic rings. The van der Waals surface area contributed by atoms with Crippen molar-refractivity contribution in [2.45, 2.75) is 50.7 Å². The molecule has 0 aliphatic heterocycles. The fourth-order valence-corrected chi connectivity index (χ4v) is 6.38. The molecule has 9 heteroatoms. The van der Waals surface area contributed by atoms with Crippen LogP contribution in [-0.4, -0.2) is 54.7 Å². The number of fused-ring (bicyclic) bond motifs is 3. The zero-order valence-electron chi connectivity index (χ0n) is 21.1. The third kappa shape index (κ3) is 3.28. The van der Waals surface area contributed by atoms with Gasteiger partial charge in [-0.25, -0.2) is 0 Å². The quantitative estimate of drug-likeness (QED) is 0.335. The van der Waals surface area contributed by atoms with E-state index in [2.05, 4.69) is 13.8 Å². The highest BCUT2D eigenvalue weighted by Crippen LogP contribution is 2.57. The lowest BCUT2D eigenvalue weighted by Crippen LogP contribution is -2.63. The van der Waals surface area contributed by atoms with E-state index < -0.39 is 76.0 Å². The van der Waals surface area contributed by atoms with E-state index in [0.717, 1.165) is 11.1 Å². The summed E-state index contributed by atoms with van der Waals surface area (Å²) in [6.45, 7) is 5.86. The van der Waals surface area contributed by atoms with Gasteiger partial charge in [0.25, 0.3) is 5.91 Å². The lowest BCUT2D eigenvalue weighted by molar-refractivity contribution is -0.160. The van der Waals surface area contributed by atoms with Gasteiger partial charge in [-0.15, -0.1) is 0 Å². The van der Waals surface area contributed by atoms with Gasteiger partial charge in [0.2, 0.25) is 5.78 Å². The summed E-state index contributed by atoms with van der Waals surface area (Å²) < 4.78 is 0. The molecule has 1 saturated carbocycles. The van der Waals surface area contributed by atoms with Crippen molar-refractivity contribution in [1.82, 2.24) is 0 Å². The largest absolute Gasteiger partial charge is 0.508 e. The summed E-state index contributed by atoms with van der Waals surface area (Å²) >= 11 is 0. The van der Waals surface area contributed by atoms with E-state index in [1.165, 1.54) is 6.07 Å². The number of ketones is 2. The average Bonchev–Trinajstić information content (AvgIpc) is 2.86. The number of Topliss-reactive ketones (excluding diaryl/α,β-unsaturated/α-hetero) is 2. The number of phenols is 1. The zero-order chi connectivity index (χ0) is 27.8. The van der Waals surface area contributed by atoms with E-state index in [1.54, 1.807) is 13.0 Å². The molecule has 0 radical (unpaired) electrons. The summed E-state index contributed by atoms with van der Waals surface area (Å²) in [5.41, 5.74) is 4.10. The molecule has 7 N–H and O–H groups in total. The predicted octanol–water partition coefficient (Wildman–Crippen LogP) is 2.75. The maximum Gasteiger partial charge on any atom is 0.255 e. The lowest BCUT2D eigenvalue weighted by Gasteiger charge is -2.50. The average molecular weight is 520 g/mol. The molecule has 198 valence electrons. The van der Waals surface area contributed by atoms with Gasteiger partial charge in [-0.2, -0.15) is 0 Å². The molecule has 0 spiro atoms. The molecular weight excluding hydrogens is 490 g/mol. The second kappa shape index (κ2) is 8.54.